The maximum atomic E-state index is 4.09. The number of hydrogen-bond donors (Lipinski definition) is 0. The maximum absolute atomic E-state index is 4.09. The summed E-state index contributed by atoms with van der Waals surface area (Å²) in [6.45, 7) is 18.0. The minimum absolute atomic E-state index is 0.503. The molecule has 0 bridgehead atoms. The van der Waals surface area contributed by atoms with Crippen LogP contribution in [-0.4, -0.2) is 24.5 Å². The van der Waals surface area contributed by atoms with E-state index in [1.807, 2.05) is 0 Å². The van der Waals surface area contributed by atoms with Crippen LogP contribution < -0.4 is 0 Å². The van der Waals surface area contributed by atoms with Crippen molar-refractivity contribution in [3.05, 3.63) is 36.5 Å². The Hall–Kier alpha value is -0.820. The molecular formula is C30H49N. The second-order valence-corrected chi connectivity index (χ2v) is 12.2. The summed E-state index contributed by atoms with van der Waals surface area (Å²) in [6, 6.07) is 0.643. The Morgan fingerprint density at radius 1 is 1.16 bits per heavy atom. The predicted octanol–water partition coefficient (Wildman–Crippen LogP) is 7.90. The zero-order chi connectivity index (χ0) is 22.4. The number of fused-ring (bicyclic) bond motifs is 3. The average Bonchev–Trinajstić information content (AvgIpc) is 3.35. The lowest BCUT2D eigenvalue weighted by Gasteiger charge is -2.63. The van der Waals surface area contributed by atoms with E-state index in [9.17, 15) is 0 Å². The molecule has 1 heteroatoms. The van der Waals surface area contributed by atoms with Gasteiger partial charge in [-0.15, -0.1) is 0 Å². The Morgan fingerprint density at radius 3 is 2.61 bits per heavy atom. The molecule has 1 nitrogen and oxygen atoms in total. The fraction of sp³-hybridized carbons (Fsp3) is 0.800. The van der Waals surface area contributed by atoms with Gasteiger partial charge in [-0.05, 0) is 105 Å². The van der Waals surface area contributed by atoms with Crippen LogP contribution in [0.5, 0.6) is 0 Å². The molecule has 0 N–H and O–H groups in total. The lowest BCUT2D eigenvalue weighted by molar-refractivity contribution is -0.132. The first kappa shape index (κ1) is 23.3. The average molecular weight is 424 g/mol. The van der Waals surface area contributed by atoms with E-state index in [1.54, 1.807) is 5.57 Å². The first-order valence-corrected chi connectivity index (χ1v) is 13.5. The highest BCUT2D eigenvalue weighted by atomic mass is 15.1. The standard InChI is InChI=1S/C30H49N/c1-8-11-22-17-18-29(5)27-16-13-21(4)30(27,6)20-26(28(29)25(22)12-9-2)23-14-15-24(19-23)31(7)10-3/h8,11,14-15,21,23-28H,1,9-10,12-13,16-20H2,2-7H3/b22-11-. The second-order valence-electron chi connectivity index (χ2n) is 12.2. The highest BCUT2D eigenvalue weighted by Crippen LogP contribution is 2.71. The molecule has 0 aromatic carbocycles. The molecule has 3 saturated carbocycles. The van der Waals surface area contributed by atoms with Crippen molar-refractivity contribution < 1.29 is 0 Å². The van der Waals surface area contributed by atoms with Gasteiger partial charge in [-0.3, -0.25) is 0 Å². The fourth-order valence-corrected chi connectivity index (χ4v) is 9.17. The Balaban J connectivity index is 1.75. The van der Waals surface area contributed by atoms with Crippen molar-refractivity contribution >= 4 is 0 Å². The summed E-state index contributed by atoms with van der Waals surface area (Å²) in [5, 5.41) is 0. The van der Waals surface area contributed by atoms with Crippen LogP contribution in [0.2, 0.25) is 0 Å². The molecule has 4 aliphatic rings. The van der Waals surface area contributed by atoms with Crippen LogP contribution in [0.1, 0.15) is 86.0 Å². The summed E-state index contributed by atoms with van der Waals surface area (Å²) in [7, 11) is 2.31. The van der Waals surface area contributed by atoms with Gasteiger partial charge in [0.25, 0.3) is 0 Å². The molecule has 9 unspecified atom stereocenters. The second kappa shape index (κ2) is 8.85. The van der Waals surface area contributed by atoms with E-state index in [-0.39, 0.29) is 0 Å². The molecular weight excluding hydrogens is 374 g/mol. The van der Waals surface area contributed by atoms with E-state index in [2.05, 4.69) is 77.4 Å². The first-order chi connectivity index (χ1) is 14.8. The predicted molar refractivity (Wildman–Crippen MR) is 135 cm³/mol. The van der Waals surface area contributed by atoms with Crippen molar-refractivity contribution in [1.29, 1.82) is 0 Å². The van der Waals surface area contributed by atoms with Crippen molar-refractivity contribution in [3.63, 3.8) is 0 Å². The zero-order valence-electron chi connectivity index (χ0n) is 21.4. The van der Waals surface area contributed by atoms with Crippen LogP contribution in [0, 0.1) is 46.3 Å². The van der Waals surface area contributed by atoms with Gasteiger partial charge in [-0.2, -0.15) is 0 Å². The number of nitrogens with zero attached hydrogens (tertiary/aromatic N) is 1. The number of allylic oxidation sites excluding steroid dienone is 4. The van der Waals surface area contributed by atoms with Gasteiger partial charge in [0.05, 0.1) is 0 Å². The number of rotatable bonds is 6. The molecule has 0 radical (unpaired) electrons. The summed E-state index contributed by atoms with van der Waals surface area (Å²) < 4.78 is 0. The Kier molecular flexibility index (Phi) is 6.66. The molecule has 4 aliphatic carbocycles. The van der Waals surface area contributed by atoms with Gasteiger partial charge in [-0.25, -0.2) is 0 Å². The van der Waals surface area contributed by atoms with Crippen LogP contribution in [-0.2, 0) is 0 Å². The molecule has 0 amide bonds. The fourth-order valence-electron chi connectivity index (χ4n) is 9.17. The summed E-state index contributed by atoms with van der Waals surface area (Å²) in [4.78, 5) is 2.55. The van der Waals surface area contributed by atoms with Gasteiger partial charge in [0.15, 0.2) is 0 Å². The van der Waals surface area contributed by atoms with E-state index in [1.165, 1.54) is 51.4 Å². The SMILES string of the molecule is C=C/C=C1/CCC2(C)C(C1CCC)C(C1C=CC(N(C)CC)C1)CC1(C)C(C)CCC12. The van der Waals surface area contributed by atoms with Gasteiger partial charge in [0.2, 0.25) is 0 Å². The third-order valence-corrected chi connectivity index (χ3v) is 11.0. The quantitative estimate of drug-likeness (QED) is 0.392. The molecule has 0 spiro atoms. The lowest BCUT2D eigenvalue weighted by atomic mass is 9.41. The van der Waals surface area contributed by atoms with Gasteiger partial charge >= 0.3 is 0 Å². The monoisotopic (exact) mass is 423 g/mol. The third-order valence-electron chi connectivity index (χ3n) is 11.0. The Bertz CT molecular complexity index is 718. The van der Waals surface area contributed by atoms with Crippen molar-refractivity contribution in [2.24, 2.45) is 46.3 Å². The van der Waals surface area contributed by atoms with E-state index < -0.39 is 0 Å². The van der Waals surface area contributed by atoms with E-state index in [0.29, 0.717) is 16.9 Å². The van der Waals surface area contributed by atoms with Crippen molar-refractivity contribution in [2.45, 2.75) is 92.0 Å². The van der Waals surface area contributed by atoms with Crippen molar-refractivity contribution in [2.75, 3.05) is 13.6 Å². The van der Waals surface area contributed by atoms with Crippen molar-refractivity contribution in [3.8, 4) is 0 Å². The van der Waals surface area contributed by atoms with E-state index >= 15 is 0 Å². The lowest BCUT2D eigenvalue weighted by Crippen LogP contribution is -2.57. The van der Waals surface area contributed by atoms with E-state index in [4.69, 9.17) is 0 Å². The Labute approximate surface area is 193 Å². The largest absolute Gasteiger partial charge is 0.300 e. The topological polar surface area (TPSA) is 3.24 Å². The van der Waals surface area contributed by atoms with Gasteiger partial charge in [-0.1, -0.05) is 77.5 Å². The molecule has 3 fully saturated rings. The van der Waals surface area contributed by atoms with Gasteiger partial charge < -0.3 is 4.90 Å². The van der Waals surface area contributed by atoms with Crippen LogP contribution >= 0.6 is 0 Å². The molecule has 9 atom stereocenters. The Morgan fingerprint density at radius 2 is 1.94 bits per heavy atom. The van der Waals surface area contributed by atoms with Crippen LogP contribution in [0.25, 0.3) is 0 Å². The molecule has 0 aliphatic heterocycles. The summed E-state index contributed by atoms with van der Waals surface area (Å²) in [5.41, 5.74) is 2.77. The molecule has 0 aromatic heterocycles. The van der Waals surface area contributed by atoms with Crippen LogP contribution in [0.3, 0.4) is 0 Å². The smallest absolute Gasteiger partial charge is 0.0280 e. The summed E-state index contributed by atoms with van der Waals surface area (Å²) in [6.07, 6.45) is 20.8. The molecule has 0 aromatic rings. The van der Waals surface area contributed by atoms with Gasteiger partial charge in [0.1, 0.15) is 0 Å². The van der Waals surface area contributed by atoms with Crippen LogP contribution in [0.15, 0.2) is 36.5 Å². The number of likely N-dealkylation sites (N-methyl/N-ethyl adjacent to an activating group) is 1. The molecule has 31 heavy (non-hydrogen) atoms. The number of hydrogen-bond acceptors (Lipinski definition) is 1. The van der Waals surface area contributed by atoms with E-state index in [0.717, 1.165) is 42.1 Å². The minimum Gasteiger partial charge on any atom is -0.300 e. The minimum atomic E-state index is 0.503. The maximum Gasteiger partial charge on any atom is 0.0280 e. The molecule has 0 heterocycles. The molecule has 174 valence electrons. The highest BCUT2D eigenvalue weighted by molar-refractivity contribution is 5.25. The molecule has 0 saturated heterocycles. The molecule has 4 rings (SSSR count). The van der Waals surface area contributed by atoms with Gasteiger partial charge in [0, 0.05) is 6.04 Å². The first-order valence-electron chi connectivity index (χ1n) is 13.5. The van der Waals surface area contributed by atoms with Crippen molar-refractivity contribution in [1.82, 2.24) is 4.90 Å². The highest BCUT2D eigenvalue weighted by Gasteiger charge is 2.63. The zero-order valence-corrected chi connectivity index (χ0v) is 21.4. The third kappa shape index (κ3) is 3.71. The summed E-state index contributed by atoms with van der Waals surface area (Å²) in [5.74, 6) is 5.01. The summed E-state index contributed by atoms with van der Waals surface area (Å²) >= 11 is 0. The normalized spacial score (nSPS) is 48.2. The van der Waals surface area contributed by atoms with Crippen LogP contribution in [0.4, 0.5) is 0 Å².